The van der Waals surface area contributed by atoms with Crippen molar-refractivity contribution < 1.29 is 19.0 Å². The van der Waals surface area contributed by atoms with Gasteiger partial charge in [-0.1, -0.05) is 11.6 Å². The van der Waals surface area contributed by atoms with Gasteiger partial charge < -0.3 is 19.5 Å². The van der Waals surface area contributed by atoms with Crippen LogP contribution in [-0.2, 0) is 4.79 Å². The number of nitrogens with one attached hydrogen (secondary N) is 1. The topological polar surface area (TPSA) is 56.8 Å². The van der Waals surface area contributed by atoms with Crippen molar-refractivity contribution in [1.82, 2.24) is 0 Å². The second-order valence-electron chi connectivity index (χ2n) is 5.26. The van der Waals surface area contributed by atoms with Crippen molar-refractivity contribution in [2.75, 3.05) is 19.5 Å². The molecule has 2 rings (SSSR count). The molecule has 5 nitrogen and oxygen atoms in total. The number of benzene rings is 2. The minimum absolute atomic E-state index is 0.280. The first kappa shape index (κ1) is 17.9. The van der Waals surface area contributed by atoms with Crippen LogP contribution in [0, 0.1) is 6.92 Å². The summed E-state index contributed by atoms with van der Waals surface area (Å²) in [5, 5.41) is 3.44. The third-order valence-corrected chi connectivity index (χ3v) is 3.85. The molecule has 1 N–H and O–H groups in total. The van der Waals surface area contributed by atoms with E-state index in [4.69, 9.17) is 25.8 Å². The molecule has 2 aromatic rings. The monoisotopic (exact) mass is 349 g/mol. The summed E-state index contributed by atoms with van der Waals surface area (Å²) in [6, 6.07) is 10.4. The second-order valence-corrected chi connectivity index (χ2v) is 5.67. The van der Waals surface area contributed by atoms with E-state index < -0.39 is 6.10 Å². The molecule has 0 bridgehead atoms. The normalized spacial score (nSPS) is 11.5. The summed E-state index contributed by atoms with van der Waals surface area (Å²) in [6.45, 7) is 3.55. The number of halogens is 1. The molecule has 24 heavy (non-hydrogen) atoms. The van der Waals surface area contributed by atoms with Crippen LogP contribution in [0.5, 0.6) is 17.2 Å². The average Bonchev–Trinajstić information content (AvgIpc) is 2.57. The van der Waals surface area contributed by atoms with Gasteiger partial charge in [0.2, 0.25) is 0 Å². The molecule has 0 aliphatic rings. The van der Waals surface area contributed by atoms with E-state index in [9.17, 15) is 4.79 Å². The minimum atomic E-state index is -0.678. The van der Waals surface area contributed by atoms with Crippen LogP contribution in [0.15, 0.2) is 36.4 Å². The zero-order valence-electron chi connectivity index (χ0n) is 14.1. The maximum absolute atomic E-state index is 12.3. The molecule has 1 amide bonds. The van der Waals surface area contributed by atoms with Gasteiger partial charge in [-0.2, -0.15) is 0 Å². The van der Waals surface area contributed by atoms with Crippen LogP contribution >= 0.6 is 11.6 Å². The van der Waals surface area contributed by atoms with Gasteiger partial charge >= 0.3 is 0 Å². The Labute approximate surface area is 146 Å². The summed E-state index contributed by atoms with van der Waals surface area (Å²) >= 11 is 5.99. The molecule has 2 aromatic carbocycles. The van der Waals surface area contributed by atoms with Gasteiger partial charge in [-0.25, -0.2) is 0 Å². The summed E-state index contributed by atoms with van der Waals surface area (Å²) in [5.41, 5.74) is 1.46. The summed E-state index contributed by atoms with van der Waals surface area (Å²) in [5.74, 6) is 1.48. The Bertz CT molecular complexity index is 711. The molecule has 0 fully saturated rings. The third kappa shape index (κ3) is 4.55. The Morgan fingerprint density at radius 3 is 2.21 bits per heavy atom. The molecular weight excluding hydrogens is 330 g/mol. The molecule has 0 radical (unpaired) electrons. The first-order chi connectivity index (χ1) is 11.4. The van der Waals surface area contributed by atoms with Crippen molar-refractivity contribution in [3.8, 4) is 17.2 Å². The Balaban J connectivity index is 2.07. The van der Waals surface area contributed by atoms with E-state index in [1.807, 2.05) is 6.92 Å². The van der Waals surface area contributed by atoms with Crippen molar-refractivity contribution in [2.24, 2.45) is 0 Å². The number of methoxy groups -OCH3 is 2. The van der Waals surface area contributed by atoms with Crippen LogP contribution in [0.25, 0.3) is 0 Å². The van der Waals surface area contributed by atoms with Crippen molar-refractivity contribution >= 4 is 23.2 Å². The standard InChI is InChI=1S/C18H20ClNO4/c1-11-7-14(5-6-17(11)19)24-12(2)18(21)20-13-8-15(22-3)10-16(9-13)23-4/h5-10,12H,1-4H3,(H,20,21)/t12-/m0/s1. The Kier molecular flexibility index (Phi) is 5.93. The number of carbonyl (C=O) groups is 1. The first-order valence-electron chi connectivity index (χ1n) is 7.39. The number of hydrogen-bond donors (Lipinski definition) is 1. The molecule has 0 saturated carbocycles. The fourth-order valence-electron chi connectivity index (χ4n) is 2.07. The van der Waals surface area contributed by atoms with Crippen molar-refractivity contribution in [1.29, 1.82) is 0 Å². The molecule has 6 heteroatoms. The number of aryl methyl sites for hydroxylation is 1. The number of amides is 1. The lowest BCUT2D eigenvalue weighted by Gasteiger charge is -2.16. The third-order valence-electron chi connectivity index (χ3n) is 3.43. The Morgan fingerprint density at radius 1 is 1.04 bits per heavy atom. The maximum Gasteiger partial charge on any atom is 0.265 e. The van der Waals surface area contributed by atoms with Gasteiger partial charge in [0.15, 0.2) is 6.10 Å². The van der Waals surface area contributed by atoms with E-state index in [-0.39, 0.29) is 5.91 Å². The van der Waals surface area contributed by atoms with Gasteiger partial charge in [-0.15, -0.1) is 0 Å². The molecule has 128 valence electrons. The quantitative estimate of drug-likeness (QED) is 0.854. The Hall–Kier alpha value is -2.40. The van der Waals surface area contributed by atoms with Gasteiger partial charge in [0.1, 0.15) is 17.2 Å². The molecule has 0 spiro atoms. The van der Waals surface area contributed by atoms with E-state index in [1.165, 1.54) is 0 Å². The van der Waals surface area contributed by atoms with Gasteiger partial charge in [0, 0.05) is 28.9 Å². The summed E-state index contributed by atoms with van der Waals surface area (Å²) in [4.78, 5) is 12.3. The van der Waals surface area contributed by atoms with Gasteiger partial charge in [-0.05, 0) is 37.6 Å². The van der Waals surface area contributed by atoms with Crippen LogP contribution in [0.3, 0.4) is 0 Å². The van der Waals surface area contributed by atoms with E-state index in [0.29, 0.717) is 28.0 Å². The van der Waals surface area contributed by atoms with E-state index in [1.54, 1.807) is 57.5 Å². The summed E-state index contributed by atoms with van der Waals surface area (Å²) in [7, 11) is 3.10. The SMILES string of the molecule is COc1cc(NC(=O)[C@H](C)Oc2ccc(Cl)c(C)c2)cc(OC)c1. The van der Waals surface area contributed by atoms with Crippen molar-refractivity contribution in [2.45, 2.75) is 20.0 Å². The highest BCUT2D eigenvalue weighted by molar-refractivity contribution is 6.31. The van der Waals surface area contributed by atoms with Crippen LogP contribution in [-0.4, -0.2) is 26.2 Å². The Morgan fingerprint density at radius 2 is 1.67 bits per heavy atom. The predicted octanol–water partition coefficient (Wildman–Crippen LogP) is 4.07. The first-order valence-corrected chi connectivity index (χ1v) is 7.77. The smallest absolute Gasteiger partial charge is 0.265 e. The number of anilines is 1. The van der Waals surface area contributed by atoms with Crippen LogP contribution < -0.4 is 19.5 Å². The van der Waals surface area contributed by atoms with Crippen molar-refractivity contribution in [3.63, 3.8) is 0 Å². The number of carbonyl (C=O) groups excluding carboxylic acids is 1. The number of hydrogen-bond acceptors (Lipinski definition) is 4. The van der Waals surface area contributed by atoms with E-state index in [2.05, 4.69) is 5.32 Å². The number of ether oxygens (including phenoxy) is 3. The minimum Gasteiger partial charge on any atom is -0.497 e. The lowest BCUT2D eigenvalue weighted by molar-refractivity contribution is -0.122. The van der Waals surface area contributed by atoms with Crippen LogP contribution in [0.1, 0.15) is 12.5 Å². The van der Waals surface area contributed by atoms with Gasteiger partial charge in [0.05, 0.1) is 14.2 Å². The average molecular weight is 350 g/mol. The van der Waals surface area contributed by atoms with Crippen LogP contribution in [0.4, 0.5) is 5.69 Å². The fourth-order valence-corrected chi connectivity index (χ4v) is 2.19. The predicted molar refractivity (Wildman–Crippen MR) is 94.5 cm³/mol. The zero-order chi connectivity index (χ0) is 17.7. The lowest BCUT2D eigenvalue weighted by atomic mass is 10.2. The molecule has 0 aliphatic carbocycles. The van der Waals surface area contributed by atoms with E-state index >= 15 is 0 Å². The lowest BCUT2D eigenvalue weighted by Crippen LogP contribution is -2.30. The molecule has 0 aliphatic heterocycles. The molecule has 1 atom stereocenters. The molecule has 0 heterocycles. The number of rotatable bonds is 6. The summed E-state index contributed by atoms with van der Waals surface area (Å²) in [6.07, 6.45) is -0.678. The molecular formula is C18H20ClNO4. The van der Waals surface area contributed by atoms with Crippen LogP contribution in [0.2, 0.25) is 5.02 Å². The molecule has 0 aromatic heterocycles. The zero-order valence-corrected chi connectivity index (χ0v) is 14.8. The van der Waals surface area contributed by atoms with Gasteiger partial charge in [0.25, 0.3) is 5.91 Å². The molecule has 0 unspecified atom stereocenters. The highest BCUT2D eigenvalue weighted by atomic mass is 35.5. The van der Waals surface area contributed by atoms with E-state index in [0.717, 1.165) is 5.56 Å². The summed E-state index contributed by atoms with van der Waals surface area (Å²) < 4.78 is 16.0. The van der Waals surface area contributed by atoms with Gasteiger partial charge in [-0.3, -0.25) is 4.79 Å². The highest BCUT2D eigenvalue weighted by Gasteiger charge is 2.16. The van der Waals surface area contributed by atoms with Crippen molar-refractivity contribution in [3.05, 3.63) is 47.0 Å². The maximum atomic E-state index is 12.3. The highest BCUT2D eigenvalue weighted by Crippen LogP contribution is 2.26. The molecule has 0 saturated heterocycles. The largest absolute Gasteiger partial charge is 0.497 e. The fraction of sp³-hybridized carbons (Fsp3) is 0.278. The second kappa shape index (κ2) is 7.93.